The van der Waals surface area contributed by atoms with Gasteiger partial charge in [0.1, 0.15) is 5.82 Å². The number of pyridine rings is 1. The number of hydrogen-bond donors (Lipinski definition) is 1. The molecule has 0 aliphatic carbocycles. The first-order valence-corrected chi connectivity index (χ1v) is 5.50. The van der Waals surface area contributed by atoms with Crippen LogP contribution in [0.15, 0.2) is 18.3 Å². The van der Waals surface area contributed by atoms with Crippen molar-refractivity contribution in [2.45, 2.75) is 20.3 Å². The summed E-state index contributed by atoms with van der Waals surface area (Å²) in [5.74, 6) is 1.70. The number of anilines is 2. The summed E-state index contributed by atoms with van der Waals surface area (Å²) in [5, 5.41) is 3.38. The van der Waals surface area contributed by atoms with Gasteiger partial charge < -0.3 is 10.2 Å². The molecule has 1 aromatic rings. The number of rotatable bonds is 5. The van der Waals surface area contributed by atoms with Gasteiger partial charge in [0, 0.05) is 20.6 Å². The maximum absolute atomic E-state index is 4.35. The quantitative estimate of drug-likeness (QED) is 0.804. The third-order valence-corrected chi connectivity index (χ3v) is 2.56. The van der Waals surface area contributed by atoms with E-state index < -0.39 is 0 Å². The molecule has 0 saturated heterocycles. The molecule has 1 N–H and O–H groups in total. The van der Waals surface area contributed by atoms with Crippen LogP contribution < -0.4 is 10.2 Å². The SMILES string of the molecule is CCC(C)CNc1ccc(N(C)C)nc1. The van der Waals surface area contributed by atoms with Gasteiger partial charge in [0.2, 0.25) is 0 Å². The van der Waals surface area contributed by atoms with Crippen LogP contribution in [0.4, 0.5) is 11.5 Å². The Kier molecular flexibility index (Phi) is 4.40. The third-order valence-electron chi connectivity index (χ3n) is 2.56. The molecule has 0 aliphatic rings. The third kappa shape index (κ3) is 3.78. The Morgan fingerprint density at radius 3 is 2.60 bits per heavy atom. The zero-order valence-corrected chi connectivity index (χ0v) is 10.1. The lowest BCUT2D eigenvalue weighted by molar-refractivity contribution is 0.593. The topological polar surface area (TPSA) is 28.2 Å². The van der Waals surface area contributed by atoms with E-state index in [-0.39, 0.29) is 0 Å². The van der Waals surface area contributed by atoms with Gasteiger partial charge in [0.05, 0.1) is 11.9 Å². The highest BCUT2D eigenvalue weighted by Gasteiger charge is 2.00. The molecule has 1 heterocycles. The minimum absolute atomic E-state index is 0.707. The Balaban J connectivity index is 2.50. The summed E-state index contributed by atoms with van der Waals surface area (Å²) in [6.07, 6.45) is 3.09. The average Bonchev–Trinajstić information content (AvgIpc) is 2.26. The predicted octanol–water partition coefficient (Wildman–Crippen LogP) is 2.61. The smallest absolute Gasteiger partial charge is 0.128 e. The zero-order valence-electron chi connectivity index (χ0n) is 10.1. The molecule has 0 fully saturated rings. The molecule has 3 nitrogen and oxygen atoms in total. The highest BCUT2D eigenvalue weighted by molar-refractivity contribution is 5.47. The van der Waals surface area contributed by atoms with Crippen molar-refractivity contribution >= 4 is 11.5 Å². The highest BCUT2D eigenvalue weighted by Crippen LogP contribution is 2.12. The molecule has 84 valence electrons. The van der Waals surface area contributed by atoms with E-state index in [9.17, 15) is 0 Å². The summed E-state index contributed by atoms with van der Waals surface area (Å²) in [6, 6.07) is 4.10. The molecule has 0 saturated carbocycles. The average molecular weight is 207 g/mol. The van der Waals surface area contributed by atoms with Crippen LogP contribution in [0, 0.1) is 5.92 Å². The van der Waals surface area contributed by atoms with E-state index in [2.05, 4.69) is 30.2 Å². The van der Waals surface area contributed by atoms with Gasteiger partial charge in [-0.3, -0.25) is 0 Å². The number of nitrogens with one attached hydrogen (secondary N) is 1. The van der Waals surface area contributed by atoms with E-state index in [4.69, 9.17) is 0 Å². The minimum atomic E-state index is 0.707. The summed E-state index contributed by atoms with van der Waals surface area (Å²) in [5.41, 5.74) is 1.10. The molecule has 1 aromatic heterocycles. The van der Waals surface area contributed by atoms with Crippen LogP contribution in [-0.4, -0.2) is 25.6 Å². The van der Waals surface area contributed by atoms with Gasteiger partial charge in [-0.2, -0.15) is 0 Å². The monoisotopic (exact) mass is 207 g/mol. The predicted molar refractivity (Wildman–Crippen MR) is 66.5 cm³/mol. The first kappa shape index (κ1) is 11.8. The van der Waals surface area contributed by atoms with Crippen molar-refractivity contribution in [3.63, 3.8) is 0 Å². The van der Waals surface area contributed by atoms with Crippen molar-refractivity contribution in [2.24, 2.45) is 5.92 Å². The summed E-state index contributed by atoms with van der Waals surface area (Å²) < 4.78 is 0. The van der Waals surface area contributed by atoms with Gasteiger partial charge in [0.25, 0.3) is 0 Å². The second-order valence-corrected chi connectivity index (χ2v) is 4.19. The molecular weight excluding hydrogens is 186 g/mol. The van der Waals surface area contributed by atoms with Gasteiger partial charge >= 0.3 is 0 Å². The van der Waals surface area contributed by atoms with Crippen molar-refractivity contribution < 1.29 is 0 Å². The van der Waals surface area contributed by atoms with Crippen molar-refractivity contribution in [1.29, 1.82) is 0 Å². The van der Waals surface area contributed by atoms with Gasteiger partial charge in [-0.05, 0) is 18.1 Å². The fourth-order valence-corrected chi connectivity index (χ4v) is 1.19. The number of nitrogens with zero attached hydrogens (tertiary/aromatic N) is 2. The lowest BCUT2D eigenvalue weighted by Gasteiger charge is -2.13. The van der Waals surface area contributed by atoms with Gasteiger partial charge in [-0.25, -0.2) is 4.98 Å². The van der Waals surface area contributed by atoms with Crippen LogP contribution in [0.1, 0.15) is 20.3 Å². The van der Waals surface area contributed by atoms with Crippen molar-refractivity contribution in [3.8, 4) is 0 Å². The Bertz CT molecular complexity index is 279. The largest absolute Gasteiger partial charge is 0.384 e. The van der Waals surface area contributed by atoms with E-state index in [1.165, 1.54) is 6.42 Å². The maximum Gasteiger partial charge on any atom is 0.128 e. The second-order valence-electron chi connectivity index (χ2n) is 4.19. The lowest BCUT2D eigenvalue weighted by Crippen LogP contribution is -2.12. The van der Waals surface area contributed by atoms with E-state index in [1.54, 1.807) is 0 Å². The molecule has 1 rings (SSSR count). The molecular formula is C12H21N3. The van der Waals surface area contributed by atoms with Crippen LogP contribution in [-0.2, 0) is 0 Å². The first-order chi connectivity index (χ1) is 7.13. The molecule has 0 aliphatic heterocycles. The molecule has 0 spiro atoms. The van der Waals surface area contributed by atoms with Gasteiger partial charge in [-0.1, -0.05) is 20.3 Å². The van der Waals surface area contributed by atoms with Crippen LogP contribution in [0.25, 0.3) is 0 Å². The molecule has 0 radical (unpaired) electrons. The van der Waals surface area contributed by atoms with E-state index in [1.807, 2.05) is 31.3 Å². The second kappa shape index (κ2) is 5.59. The summed E-state index contributed by atoms with van der Waals surface area (Å²) in [4.78, 5) is 6.34. The Morgan fingerprint density at radius 1 is 1.40 bits per heavy atom. The van der Waals surface area contributed by atoms with E-state index >= 15 is 0 Å². The number of aromatic nitrogens is 1. The van der Waals surface area contributed by atoms with Crippen molar-refractivity contribution in [3.05, 3.63) is 18.3 Å². The van der Waals surface area contributed by atoms with Crippen LogP contribution in [0.2, 0.25) is 0 Å². The molecule has 3 heteroatoms. The molecule has 15 heavy (non-hydrogen) atoms. The summed E-state index contributed by atoms with van der Waals surface area (Å²) in [6.45, 7) is 5.47. The van der Waals surface area contributed by atoms with E-state index in [0.29, 0.717) is 5.92 Å². The van der Waals surface area contributed by atoms with Crippen LogP contribution >= 0.6 is 0 Å². The Labute approximate surface area is 92.5 Å². The first-order valence-electron chi connectivity index (χ1n) is 5.50. The minimum Gasteiger partial charge on any atom is -0.384 e. The van der Waals surface area contributed by atoms with Crippen LogP contribution in [0.5, 0.6) is 0 Å². The van der Waals surface area contributed by atoms with Crippen molar-refractivity contribution in [2.75, 3.05) is 30.9 Å². The standard InChI is InChI=1S/C12H21N3/c1-5-10(2)8-13-11-6-7-12(14-9-11)15(3)4/h6-7,9-10,13H,5,8H2,1-4H3. The molecule has 0 aromatic carbocycles. The Hall–Kier alpha value is -1.25. The van der Waals surface area contributed by atoms with Crippen molar-refractivity contribution in [1.82, 2.24) is 4.98 Å². The van der Waals surface area contributed by atoms with Gasteiger partial charge in [0.15, 0.2) is 0 Å². The molecule has 0 bridgehead atoms. The maximum atomic E-state index is 4.35. The molecule has 1 atom stereocenters. The van der Waals surface area contributed by atoms with Gasteiger partial charge in [-0.15, -0.1) is 0 Å². The molecule has 0 amide bonds. The van der Waals surface area contributed by atoms with Crippen LogP contribution in [0.3, 0.4) is 0 Å². The van der Waals surface area contributed by atoms with E-state index in [0.717, 1.165) is 18.1 Å². The summed E-state index contributed by atoms with van der Waals surface area (Å²) >= 11 is 0. The highest BCUT2D eigenvalue weighted by atomic mass is 15.1. The fraction of sp³-hybridized carbons (Fsp3) is 0.583. The number of hydrogen-bond acceptors (Lipinski definition) is 3. The lowest BCUT2D eigenvalue weighted by atomic mass is 10.1. The Morgan fingerprint density at radius 2 is 2.13 bits per heavy atom. The fourth-order valence-electron chi connectivity index (χ4n) is 1.19. The molecule has 1 unspecified atom stereocenters. The zero-order chi connectivity index (χ0) is 11.3. The summed E-state index contributed by atoms with van der Waals surface area (Å²) in [7, 11) is 3.99. The normalized spacial score (nSPS) is 12.3.